The number of aromatic nitrogens is 4. The van der Waals surface area contributed by atoms with E-state index in [2.05, 4.69) is 15.3 Å². The molecule has 1 fully saturated rings. The van der Waals surface area contributed by atoms with Gasteiger partial charge in [0.15, 0.2) is 5.82 Å². The predicted octanol–water partition coefficient (Wildman–Crippen LogP) is 2.50. The summed E-state index contributed by atoms with van der Waals surface area (Å²) >= 11 is 1.45. The van der Waals surface area contributed by atoms with Crippen molar-refractivity contribution in [3.63, 3.8) is 0 Å². The van der Waals surface area contributed by atoms with Crippen LogP contribution in [0.15, 0.2) is 24.3 Å². The first kappa shape index (κ1) is 19.0. The molecule has 10 heteroatoms. The van der Waals surface area contributed by atoms with Crippen LogP contribution in [-0.2, 0) is 10.0 Å². The minimum Gasteiger partial charge on any atom is -0.497 e. The highest BCUT2D eigenvalue weighted by Crippen LogP contribution is 2.28. The molecule has 0 bridgehead atoms. The number of benzene rings is 1. The van der Waals surface area contributed by atoms with Crippen LogP contribution in [0, 0.1) is 0 Å². The molecule has 2 aromatic heterocycles. The van der Waals surface area contributed by atoms with Crippen molar-refractivity contribution in [1.29, 1.82) is 0 Å². The summed E-state index contributed by atoms with van der Waals surface area (Å²) < 4.78 is 32.2. The van der Waals surface area contributed by atoms with Crippen LogP contribution in [0.1, 0.15) is 35.2 Å². The summed E-state index contributed by atoms with van der Waals surface area (Å²) in [4.78, 5) is 0.709. The average Bonchev–Trinajstić information content (AvgIpc) is 3.26. The zero-order chi connectivity index (χ0) is 19.7. The summed E-state index contributed by atoms with van der Waals surface area (Å²) in [6.07, 6.45) is 6.85. The Labute approximate surface area is 167 Å². The molecule has 0 N–H and O–H groups in total. The van der Waals surface area contributed by atoms with Gasteiger partial charge in [0.2, 0.25) is 15.0 Å². The highest BCUT2D eigenvalue weighted by atomic mass is 32.2. The van der Waals surface area contributed by atoms with E-state index in [1.807, 2.05) is 36.4 Å². The molecule has 0 saturated carbocycles. The van der Waals surface area contributed by atoms with Crippen LogP contribution in [0.5, 0.6) is 5.75 Å². The monoisotopic (exact) mass is 419 g/mol. The number of piperidine rings is 1. The van der Waals surface area contributed by atoms with Crippen molar-refractivity contribution in [3.8, 4) is 5.75 Å². The Bertz CT molecular complexity index is 1100. The second kappa shape index (κ2) is 7.61. The van der Waals surface area contributed by atoms with E-state index in [4.69, 9.17) is 4.74 Å². The first-order chi connectivity index (χ1) is 13.4. The molecule has 0 amide bonds. The molecule has 3 aromatic rings. The summed E-state index contributed by atoms with van der Waals surface area (Å²) in [5.74, 6) is 1.54. The van der Waals surface area contributed by atoms with Gasteiger partial charge in [-0.3, -0.25) is 0 Å². The number of nitrogens with zero attached hydrogens (tertiary/aromatic N) is 5. The lowest BCUT2D eigenvalue weighted by atomic mass is 9.99. The van der Waals surface area contributed by atoms with Gasteiger partial charge in [-0.05, 0) is 36.6 Å². The van der Waals surface area contributed by atoms with E-state index in [9.17, 15) is 8.42 Å². The summed E-state index contributed by atoms with van der Waals surface area (Å²) in [5.41, 5.74) is 1.04. The smallest absolute Gasteiger partial charge is 0.234 e. The normalized spacial score (nSPS) is 18.9. The minimum absolute atomic E-state index is 0.000933. The third-order valence-electron chi connectivity index (χ3n) is 4.78. The highest BCUT2D eigenvalue weighted by Gasteiger charge is 2.30. The van der Waals surface area contributed by atoms with Gasteiger partial charge >= 0.3 is 0 Å². The van der Waals surface area contributed by atoms with Crippen molar-refractivity contribution < 1.29 is 13.2 Å². The Morgan fingerprint density at radius 1 is 1.21 bits per heavy atom. The van der Waals surface area contributed by atoms with Crippen LogP contribution in [0.2, 0.25) is 0 Å². The molecule has 1 atom stereocenters. The van der Waals surface area contributed by atoms with Gasteiger partial charge in [-0.1, -0.05) is 29.5 Å². The Morgan fingerprint density at radius 2 is 2.00 bits per heavy atom. The number of hydrogen-bond donors (Lipinski definition) is 0. The van der Waals surface area contributed by atoms with E-state index in [0.717, 1.165) is 35.0 Å². The van der Waals surface area contributed by atoms with E-state index >= 15 is 0 Å². The maximum Gasteiger partial charge on any atom is 0.234 e. The molecule has 28 heavy (non-hydrogen) atoms. The number of hydrogen-bond acceptors (Lipinski definition) is 7. The first-order valence-corrected chi connectivity index (χ1v) is 11.6. The van der Waals surface area contributed by atoms with Crippen LogP contribution in [0.3, 0.4) is 0 Å². The van der Waals surface area contributed by atoms with Gasteiger partial charge < -0.3 is 4.74 Å². The maximum absolute atomic E-state index is 11.9. The van der Waals surface area contributed by atoms with Gasteiger partial charge in [0, 0.05) is 19.0 Å². The quantitative estimate of drug-likeness (QED) is 0.631. The molecule has 0 spiro atoms. The maximum atomic E-state index is 11.9. The van der Waals surface area contributed by atoms with Gasteiger partial charge in [0.05, 0.1) is 13.4 Å². The van der Waals surface area contributed by atoms with Gasteiger partial charge in [-0.15, -0.1) is 10.2 Å². The number of ether oxygens (including phenoxy) is 1. The Hall–Kier alpha value is -2.30. The van der Waals surface area contributed by atoms with Crippen molar-refractivity contribution >= 4 is 38.5 Å². The molecule has 1 saturated heterocycles. The van der Waals surface area contributed by atoms with E-state index in [1.54, 1.807) is 11.6 Å². The standard InChI is InChI=1S/C18H21N5O3S2/c1-26-15-8-5-13(6-9-15)7-10-16-21-23-17(19-20-18(23)27-16)14-4-3-11-22(12-14)28(2,24)25/h5-10,14H,3-4,11-12H2,1-2H3/b10-7+. The van der Waals surface area contributed by atoms with Crippen LogP contribution in [0.25, 0.3) is 17.1 Å². The second-order valence-electron chi connectivity index (χ2n) is 6.76. The zero-order valence-electron chi connectivity index (χ0n) is 15.6. The van der Waals surface area contributed by atoms with Crippen LogP contribution in [0.4, 0.5) is 0 Å². The molecule has 1 unspecified atom stereocenters. The average molecular weight is 420 g/mol. The van der Waals surface area contributed by atoms with Crippen molar-refractivity contribution in [2.24, 2.45) is 0 Å². The van der Waals surface area contributed by atoms with E-state index in [-0.39, 0.29) is 5.92 Å². The van der Waals surface area contributed by atoms with Crippen molar-refractivity contribution in [3.05, 3.63) is 40.7 Å². The van der Waals surface area contributed by atoms with Crippen LogP contribution >= 0.6 is 11.3 Å². The zero-order valence-corrected chi connectivity index (χ0v) is 17.3. The molecule has 0 aliphatic carbocycles. The lowest BCUT2D eigenvalue weighted by molar-refractivity contribution is 0.309. The summed E-state index contributed by atoms with van der Waals surface area (Å²) in [7, 11) is -1.56. The van der Waals surface area contributed by atoms with Crippen molar-refractivity contribution in [2.45, 2.75) is 18.8 Å². The van der Waals surface area contributed by atoms with Gasteiger partial charge in [0.1, 0.15) is 10.8 Å². The second-order valence-corrected chi connectivity index (χ2v) is 9.73. The SMILES string of the molecule is COc1ccc(/C=C/c2nn3c(C4CCCN(S(C)(=O)=O)C4)nnc3s2)cc1. The fraction of sp³-hybridized carbons (Fsp3) is 0.389. The third kappa shape index (κ3) is 3.94. The number of rotatable bonds is 5. The molecular weight excluding hydrogens is 398 g/mol. The fourth-order valence-corrected chi connectivity index (χ4v) is 4.97. The molecule has 0 radical (unpaired) electrons. The molecular formula is C18H21N5O3S2. The lowest BCUT2D eigenvalue weighted by Crippen LogP contribution is -2.38. The Kier molecular flexibility index (Phi) is 5.17. The molecule has 148 valence electrons. The van der Waals surface area contributed by atoms with E-state index in [0.29, 0.717) is 18.1 Å². The first-order valence-electron chi connectivity index (χ1n) is 8.93. The molecule has 8 nitrogen and oxygen atoms in total. The topological polar surface area (TPSA) is 89.7 Å². The molecule has 1 aromatic carbocycles. The number of fused-ring (bicyclic) bond motifs is 1. The van der Waals surface area contributed by atoms with Crippen molar-refractivity contribution in [2.75, 3.05) is 26.5 Å². The summed E-state index contributed by atoms with van der Waals surface area (Å²) in [5, 5.41) is 13.9. The Balaban J connectivity index is 1.55. The summed E-state index contributed by atoms with van der Waals surface area (Å²) in [6.45, 7) is 0.984. The fourth-order valence-electron chi connectivity index (χ4n) is 3.31. The van der Waals surface area contributed by atoms with Gasteiger partial charge in [-0.2, -0.15) is 9.61 Å². The van der Waals surface area contributed by atoms with E-state index in [1.165, 1.54) is 21.9 Å². The largest absolute Gasteiger partial charge is 0.497 e. The van der Waals surface area contributed by atoms with Crippen LogP contribution < -0.4 is 4.74 Å². The molecule has 4 rings (SSSR count). The number of sulfonamides is 1. The Morgan fingerprint density at radius 3 is 2.71 bits per heavy atom. The summed E-state index contributed by atoms with van der Waals surface area (Å²) in [6, 6.07) is 7.77. The van der Waals surface area contributed by atoms with Gasteiger partial charge in [0.25, 0.3) is 0 Å². The number of methoxy groups -OCH3 is 1. The predicted molar refractivity (Wildman–Crippen MR) is 109 cm³/mol. The third-order valence-corrected chi connectivity index (χ3v) is 6.92. The lowest BCUT2D eigenvalue weighted by Gasteiger charge is -2.29. The van der Waals surface area contributed by atoms with Crippen molar-refractivity contribution in [1.82, 2.24) is 24.1 Å². The van der Waals surface area contributed by atoms with Crippen LogP contribution in [-0.4, -0.2) is 59.0 Å². The van der Waals surface area contributed by atoms with E-state index < -0.39 is 10.0 Å². The molecule has 3 heterocycles. The van der Waals surface area contributed by atoms with Gasteiger partial charge in [-0.25, -0.2) is 12.7 Å². The molecule has 1 aliphatic heterocycles. The minimum atomic E-state index is -3.20. The highest BCUT2D eigenvalue weighted by molar-refractivity contribution is 7.88. The molecule has 1 aliphatic rings.